The van der Waals surface area contributed by atoms with Gasteiger partial charge < -0.3 is 15.0 Å². The molecule has 0 amide bonds. The number of nitrogens with zero attached hydrogens (tertiary/aromatic N) is 1. The normalized spacial score (nSPS) is 18.3. The second-order valence-corrected chi connectivity index (χ2v) is 6.88. The van der Waals surface area contributed by atoms with Gasteiger partial charge in [-0.2, -0.15) is 0 Å². The monoisotopic (exact) mass is 340 g/mol. The lowest BCUT2D eigenvalue weighted by atomic mass is 9.99. The summed E-state index contributed by atoms with van der Waals surface area (Å²) in [5.74, 6) is 0. The summed E-state index contributed by atoms with van der Waals surface area (Å²) >= 11 is 3.60. The van der Waals surface area contributed by atoms with Crippen molar-refractivity contribution in [2.75, 3.05) is 31.2 Å². The molecule has 1 aliphatic rings. The minimum Gasteiger partial charge on any atom is -0.377 e. The van der Waals surface area contributed by atoms with E-state index in [2.05, 4.69) is 65.1 Å². The number of halogens is 1. The average Bonchev–Trinajstić information content (AvgIpc) is 2.40. The maximum atomic E-state index is 5.64. The van der Waals surface area contributed by atoms with Crippen LogP contribution in [0.4, 0.5) is 5.69 Å². The number of morpholine rings is 1. The van der Waals surface area contributed by atoms with Crippen molar-refractivity contribution in [2.45, 2.75) is 39.3 Å². The molecule has 0 unspecified atom stereocenters. The van der Waals surface area contributed by atoms with Gasteiger partial charge in [0.1, 0.15) is 0 Å². The second kappa shape index (κ2) is 6.92. The highest BCUT2D eigenvalue weighted by molar-refractivity contribution is 9.10. The summed E-state index contributed by atoms with van der Waals surface area (Å²) in [6, 6.07) is 6.57. The lowest BCUT2D eigenvalue weighted by Gasteiger charge is -2.44. The van der Waals surface area contributed by atoms with E-state index in [1.807, 2.05) is 0 Å². The van der Waals surface area contributed by atoms with Crippen LogP contribution in [0.3, 0.4) is 0 Å². The number of hydrogen-bond donors (Lipinski definition) is 1. The van der Waals surface area contributed by atoms with Crippen molar-refractivity contribution in [2.24, 2.45) is 0 Å². The third kappa shape index (κ3) is 3.74. The Kier molecular flexibility index (Phi) is 5.47. The Bertz CT molecular complexity index is 448. The van der Waals surface area contributed by atoms with E-state index < -0.39 is 0 Å². The van der Waals surface area contributed by atoms with Crippen LogP contribution < -0.4 is 10.2 Å². The molecule has 0 aromatic heterocycles. The first-order valence-corrected chi connectivity index (χ1v) is 8.18. The molecule has 0 radical (unpaired) electrons. The van der Waals surface area contributed by atoms with Crippen molar-refractivity contribution in [3.05, 3.63) is 28.2 Å². The maximum absolute atomic E-state index is 5.64. The Morgan fingerprint density at radius 1 is 1.40 bits per heavy atom. The van der Waals surface area contributed by atoms with E-state index in [4.69, 9.17) is 4.74 Å². The van der Waals surface area contributed by atoms with Gasteiger partial charge in [-0.25, -0.2) is 0 Å². The molecule has 0 aliphatic carbocycles. The van der Waals surface area contributed by atoms with E-state index in [0.717, 1.165) is 43.7 Å². The molecule has 3 nitrogen and oxygen atoms in total. The van der Waals surface area contributed by atoms with Crippen molar-refractivity contribution in [3.8, 4) is 0 Å². The maximum Gasteiger partial charge on any atom is 0.0694 e. The number of rotatable bonds is 5. The first-order chi connectivity index (χ1) is 9.54. The summed E-state index contributed by atoms with van der Waals surface area (Å²) in [4.78, 5) is 2.48. The van der Waals surface area contributed by atoms with Gasteiger partial charge in [0.15, 0.2) is 0 Å². The predicted octanol–water partition coefficient (Wildman–Crippen LogP) is 3.56. The summed E-state index contributed by atoms with van der Waals surface area (Å²) in [5.41, 5.74) is 2.71. The summed E-state index contributed by atoms with van der Waals surface area (Å²) < 4.78 is 6.77. The summed E-state index contributed by atoms with van der Waals surface area (Å²) in [6.07, 6.45) is 1.16. The minimum atomic E-state index is 0.0402. The van der Waals surface area contributed by atoms with Crippen molar-refractivity contribution >= 4 is 21.6 Å². The van der Waals surface area contributed by atoms with Gasteiger partial charge in [-0.1, -0.05) is 28.9 Å². The molecule has 1 N–H and O–H groups in total. The van der Waals surface area contributed by atoms with E-state index in [1.54, 1.807) is 0 Å². The summed E-state index contributed by atoms with van der Waals surface area (Å²) in [6.45, 7) is 11.2. The Balaban J connectivity index is 2.25. The summed E-state index contributed by atoms with van der Waals surface area (Å²) in [5, 5.41) is 3.50. The molecule has 0 saturated carbocycles. The predicted molar refractivity (Wildman–Crippen MR) is 88.4 cm³/mol. The molecule has 0 spiro atoms. The topological polar surface area (TPSA) is 24.5 Å². The molecule has 1 fully saturated rings. The molecule has 112 valence electrons. The summed E-state index contributed by atoms with van der Waals surface area (Å²) in [7, 11) is 0. The van der Waals surface area contributed by atoms with E-state index in [-0.39, 0.29) is 5.54 Å². The van der Waals surface area contributed by atoms with Crippen LogP contribution >= 0.6 is 15.9 Å². The largest absolute Gasteiger partial charge is 0.377 e. The van der Waals surface area contributed by atoms with Gasteiger partial charge in [0.05, 0.1) is 18.8 Å². The van der Waals surface area contributed by atoms with Crippen LogP contribution in [0.15, 0.2) is 22.7 Å². The number of benzene rings is 1. The van der Waals surface area contributed by atoms with Crippen LogP contribution in [-0.2, 0) is 11.3 Å². The number of hydrogen-bond acceptors (Lipinski definition) is 3. The highest BCUT2D eigenvalue weighted by Crippen LogP contribution is 2.32. The molecule has 0 bridgehead atoms. The second-order valence-electron chi connectivity index (χ2n) is 5.97. The first kappa shape index (κ1) is 15.8. The molecule has 20 heavy (non-hydrogen) atoms. The third-order valence-corrected chi connectivity index (χ3v) is 4.22. The zero-order valence-corrected chi connectivity index (χ0v) is 14.3. The van der Waals surface area contributed by atoms with Crippen LogP contribution in [0.5, 0.6) is 0 Å². The quantitative estimate of drug-likeness (QED) is 0.829. The fourth-order valence-electron chi connectivity index (χ4n) is 2.64. The number of nitrogens with one attached hydrogen (secondary N) is 1. The smallest absolute Gasteiger partial charge is 0.0694 e. The van der Waals surface area contributed by atoms with Crippen molar-refractivity contribution in [1.29, 1.82) is 0 Å². The van der Waals surface area contributed by atoms with E-state index >= 15 is 0 Å². The molecule has 1 aromatic rings. The lowest BCUT2D eigenvalue weighted by Crippen LogP contribution is -2.53. The van der Waals surface area contributed by atoms with Gasteiger partial charge in [0.2, 0.25) is 0 Å². The number of anilines is 1. The molecule has 0 atom stereocenters. The third-order valence-electron chi connectivity index (χ3n) is 3.73. The van der Waals surface area contributed by atoms with Gasteiger partial charge in [-0.05, 0) is 44.5 Å². The zero-order valence-electron chi connectivity index (χ0n) is 12.7. The van der Waals surface area contributed by atoms with Crippen LogP contribution in [-0.4, -0.2) is 31.8 Å². The fraction of sp³-hybridized carbons (Fsp3) is 0.625. The fourth-order valence-corrected chi connectivity index (χ4v) is 2.99. The Hall–Kier alpha value is -0.580. The first-order valence-electron chi connectivity index (χ1n) is 7.39. The van der Waals surface area contributed by atoms with Crippen LogP contribution in [0.2, 0.25) is 0 Å². The van der Waals surface area contributed by atoms with Crippen LogP contribution in [0.25, 0.3) is 0 Å². The van der Waals surface area contributed by atoms with Gasteiger partial charge in [-0.3, -0.25) is 0 Å². The van der Waals surface area contributed by atoms with Gasteiger partial charge >= 0.3 is 0 Å². The highest BCUT2D eigenvalue weighted by atomic mass is 79.9. The lowest BCUT2D eigenvalue weighted by molar-refractivity contribution is 0.0643. The van der Waals surface area contributed by atoms with Gasteiger partial charge in [0.25, 0.3) is 0 Å². The van der Waals surface area contributed by atoms with E-state index in [1.165, 1.54) is 11.3 Å². The molecular weight excluding hydrogens is 316 g/mol. The standard InChI is InChI=1S/C16H25BrN2O/c1-4-7-18-11-13-5-6-14(17)10-15(13)19-8-9-20-12-16(19,2)3/h5-6,10,18H,4,7-9,11-12H2,1-3H3. The van der Waals surface area contributed by atoms with Crippen molar-refractivity contribution in [1.82, 2.24) is 5.32 Å². The molecule has 1 aromatic carbocycles. The highest BCUT2D eigenvalue weighted by Gasteiger charge is 2.31. The molecule has 1 aliphatic heterocycles. The Labute approximate surface area is 130 Å². The Morgan fingerprint density at radius 3 is 2.90 bits per heavy atom. The SMILES string of the molecule is CCCNCc1ccc(Br)cc1N1CCOCC1(C)C. The molecule has 1 saturated heterocycles. The van der Waals surface area contributed by atoms with E-state index in [9.17, 15) is 0 Å². The van der Waals surface area contributed by atoms with E-state index in [0.29, 0.717) is 0 Å². The van der Waals surface area contributed by atoms with Gasteiger partial charge in [0, 0.05) is 23.2 Å². The molecule has 1 heterocycles. The number of ether oxygens (including phenoxy) is 1. The van der Waals surface area contributed by atoms with Crippen molar-refractivity contribution < 1.29 is 4.74 Å². The molecule has 2 rings (SSSR count). The molecule has 4 heteroatoms. The molecular formula is C16H25BrN2O. The van der Waals surface area contributed by atoms with Crippen LogP contribution in [0.1, 0.15) is 32.8 Å². The van der Waals surface area contributed by atoms with Gasteiger partial charge in [-0.15, -0.1) is 0 Å². The average molecular weight is 341 g/mol. The van der Waals surface area contributed by atoms with Crippen LogP contribution in [0, 0.1) is 0 Å². The van der Waals surface area contributed by atoms with Crippen molar-refractivity contribution in [3.63, 3.8) is 0 Å². The zero-order chi connectivity index (χ0) is 14.6. The Morgan fingerprint density at radius 2 is 2.20 bits per heavy atom. The minimum absolute atomic E-state index is 0.0402.